The lowest BCUT2D eigenvalue weighted by Gasteiger charge is -2.22. The summed E-state index contributed by atoms with van der Waals surface area (Å²) in [5, 5.41) is 3.29. The molecule has 0 spiro atoms. The molecule has 1 aromatic rings. The molecule has 0 saturated carbocycles. The molecule has 2 nitrogen and oxygen atoms in total. The van der Waals surface area contributed by atoms with Gasteiger partial charge in [0.15, 0.2) is 5.78 Å². The fourth-order valence-electron chi connectivity index (χ4n) is 2.16. The Hall–Kier alpha value is -0.930. The Kier molecular flexibility index (Phi) is 3.50. The van der Waals surface area contributed by atoms with E-state index in [4.69, 9.17) is 11.6 Å². The molecule has 0 aromatic heterocycles. The first kappa shape index (κ1) is 12.5. The van der Waals surface area contributed by atoms with Crippen molar-refractivity contribution in [2.24, 2.45) is 0 Å². The summed E-state index contributed by atoms with van der Waals surface area (Å²) in [5.74, 6) is -0.314. The largest absolute Gasteiger partial charge is 0.305 e. The summed E-state index contributed by atoms with van der Waals surface area (Å²) < 4.78 is 13.0. The zero-order valence-electron chi connectivity index (χ0n) is 9.72. The van der Waals surface area contributed by atoms with Crippen LogP contribution in [0, 0.1) is 5.82 Å². The molecule has 92 valence electrons. The standard InChI is InChI=1S/C13H15ClFNO/c1-13(5-2-6-16-13)12(17)8-9-3-4-11(15)10(14)7-9/h3-4,7,16H,2,5-6,8H2,1H3. The van der Waals surface area contributed by atoms with E-state index in [0.717, 1.165) is 24.9 Å². The van der Waals surface area contributed by atoms with Crippen LogP contribution >= 0.6 is 11.6 Å². The van der Waals surface area contributed by atoms with Crippen molar-refractivity contribution in [3.8, 4) is 0 Å². The van der Waals surface area contributed by atoms with Crippen molar-refractivity contribution in [2.75, 3.05) is 6.54 Å². The van der Waals surface area contributed by atoms with E-state index in [2.05, 4.69) is 5.32 Å². The van der Waals surface area contributed by atoms with Crippen LogP contribution in [0.4, 0.5) is 4.39 Å². The van der Waals surface area contributed by atoms with Crippen molar-refractivity contribution in [2.45, 2.75) is 31.7 Å². The van der Waals surface area contributed by atoms with Crippen LogP contribution in [0.2, 0.25) is 5.02 Å². The van der Waals surface area contributed by atoms with Crippen LogP contribution in [0.25, 0.3) is 0 Å². The Bertz CT molecular complexity index is 441. The zero-order chi connectivity index (χ0) is 12.5. The molecule has 1 saturated heterocycles. The normalized spacial score (nSPS) is 23.9. The molecule has 1 unspecified atom stereocenters. The van der Waals surface area contributed by atoms with Crippen LogP contribution in [0.3, 0.4) is 0 Å². The number of benzene rings is 1. The number of Topliss-reactive ketones (excluding diaryl/α,β-unsaturated/α-hetero) is 1. The molecule has 17 heavy (non-hydrogen) atoms. The molecule has 1 atom stereocenters. The van der Waals surface area contributed by atoms with Gasteiger partial charge in [-0.15, -0.1) is 0 Å². The molecular formula is C13H15ClFNO. The van der Waals surface area contributed by atoms with Crippen molar-refractivity contribution in [3.05, 3.63) is 34.6 Å². The van der Waals surface area contributed by atoms with Gasteiger partial charge in [-0.25, -0.2) is 4.39 Å². The van der Waals surface area contributed by atoms with Gasteiger partial charge in [0.2, 0.25) is 0 Å². The molecule has 0 radical (unpaired) electrons. The summed E-state index contributed by atoms with van der Waals surface area (Å²) in [5.41, 5.74) is 0.331. The van der Waals surface area contributed by atoms with E-state index >= 15 is 0 Å². The summed E-state index contributed by atoms with van der Waals surface area (Å²) >= 11 is 5.69. The molecule has 1 aliphatic heterocycles. The Morgan fingerprint density at radius 2 is 2.35 bits per heavy atom. The molecule has 2 rings (SSSR count). The Morgan fingerprint density at radius 1 is 1.59 bits per heavy atom. The number of hydrogen-bond acceptors (Lipinski definition) is 2. The van der Waals surface area contributed by atoms with Gasteiger partial charge < -0.3 is 5.32 Å². The van der Waals surface area contributed by atoms with E-state index in [1.54, 1.807) is 6.07 Å². The van der Waals surface area contributed by atoms with Gasteiger partial charge in [0.1, 0.15) is 5.82 Å². The van der Waals surface area contributed by atoms with Crippen LogP contribution in [-0.2, 0) is 11.2 Å². The molecule has 1 aromatic carbocycles. The predicted octanol–water partition coefficient (Wildman–Crippen LogP) is 2.73. The third kappa shape index (κ3) is 2.67. The maximum Gasteiger partial charge on any atom is 0.156 e. The van der Waals surface area contributed by atoms with Gasteiger partial charge in [-0.2, -0.15) is 0 Å². The quantitative estimate of drug-likeness (QED) is 0.900. The molecule has 4 heteroatoms. The van der Waals surface area contributed by atoms with Crippen molar-refractivity contribution >= 4 is 17.4 Å². The van der Waals surface area contributed by atoms with E-state index in [1.165, 1.54) is 12.1 Å². The predicted molar refractivity (Wildman–Crippen MR) is 65.8 cm³/mol. The van der Waals surface area contributed by atoms with Gasteiger partial charge in [0, 0.05) is 6.42 Å². The summed E-state index contributed by atoms with van der Waals surface area (Å²) in [6.07, 6.45) is 2.18. The fourth-order valence-corrected chi connectivity index (χ4v) is 2.37. The Morgan fingerprint density at radius 3 is 2.94 bits per heavy atom. The van der Waals surface area contributed by atoms with Gasteiger partial charge in [-0.1, -0.05) is 17.7 Å². The highest BCUT2D eigenvalue weighted by molar-refractivity contribution is 6.30. The van der Waals surface area contributed by atoms with Crippen LogP contribution in [0.15, 0.2) is 18.2 Å². The van der Waals surface area contributed by atoms with Gasteiger partial charge in [0.05, 0.1) is 10.6 Å². The van der Waals surface area contributed by atoms with Gasteiger partial charge in [-0.3, -0.25) is 4.79 Å². The minimum Gasteiger partial charge on any atom is -0.305 e. The maximum absolute atomic E-state index is 13.0. The number of rotatable bonds is 3. The first-order valence-electron chi connectivity index (χ1n) is 5.73. The number of ketones is 1. The van der Waals surface area contributed by atoms with Crippen LogP contribution in [0.1, 0.15) is 25.3 Å². The number of carbonyl (C=O) groups excluding carboxylic acids is 1. The van der Waals surface area contributed by atoms with Crippen molar-refractivity contribution in [1.82, 2.24) is 5.32 Å². The second kappa shape index (κ2) is 4.75. The van der Waals surface area contributed by atoms with E-state index in [1.807, 2.05) is 6.92 Å². The maximum atomic E-state index is 13.0. The SMILES string of the molecule is CC1(C(=O)Cc2ccc(F)c(Cl)c2)CCCN1. The van der Waals surface area contributed by atoms with E-state index < -0.39 is 11.4 Å². The van der Waals surface area contributed by atoms with Crippen molar-refractivity contribution in [1.29, 1.82) is 0 Å². The summed E-state index contributed by atoms with van der Waals surface area (Å²) in [4.78, 5) is 12.1. The first-order valence-corrected chi connectivity index (χ1v) is 6.11. The summed E-state index contributed by atoms with van der Waals surface area (Å²) in [7, 11) is 0. The van der Waals surface area contributed by atoms with Crippen molar-refractivity contribution in [3.63, 3.8) is 0 Å². The second-order valence-electron chi connectivity index (χ2n) is 4.71. The second-order valence-corrected chi connectivity index (χ2v) is 5.12. The third-order valence-corrected chi connectivity index (χ3v) is 3.62. The molecule has 0 bridgehead atoms. The van der Waals surface area contributed by atoms with Gasteiger partial charge in [0.25, 0.3) is 0 Å². The third-order valence-electron chi connectivity index (χ3n) is 3.33. The average molecular weight is 256 g/mol. The molecule has 0 amide bonds. The molecular weight excluding hydrogens is 241 g/mol. The number of carbonyl (C=O) groups is 1. The highest BCUT2D eigenvalue weighted by atomic mass is 35.5. The summed E-state index contributed by atoms with van der Waals surface area (Å²) in [6, 6.07) is 4.43. The smallest absolute Gasteiger partial charge is 0.156 e. The van der Waals surface area contributed by atoms with E-state index in [9.17, 15) is 9.18 Å². The summed E-state index contributed by atoms with van der Waals surface area (Å²) in [6.45, 7) is 2.81. The van der Waals surface area contributed by atoms with Crippen molar-refractivity contribution < 1.29 is 9.18 Å². The number of hydrogen-bond donors (Lipinski definition) is 1. The minimum atomic E-state index is -0.451. The number of nitrogens with one attached hydrogen (secondary N) is 1. The molecule has 1 aliphatic rings. The molecule has 1 N–H and O–H groups in total. The molecule has 1 fully saturated rings. The highest BCUT2D eigenvalue weighted by Gasteiger charge is 2.35. The van der Waals surface area contributed by atoms with Gasteiger partial charge in [-0.05, 0) is 44.0 Å². The Balaban J connectivity index is 2.10. The molecule has 1 heterocycles. The van der Waals surface area contributed by atoms with Crippen LogP contribution in [-0.4, -0.2) is 17.9 Å². The van der Waals surface area contributed by atoms with E-state index in [0.29, 0.717) is 6.42 Å². The monoisotopic (exact) mass is 255 g/mol. The topological polar surface area (TPSA) is 29.1 Å². The highest BCUT2D eigenvalue weighted by Crippen LogP contribution is 2.23. The average Bonchev–Trinajstić information content (AvgIpc) is 2.72. The van der Waals surface area contributed by atoms with E-state index in [-0.39, 0.29) is 10.8 Å². The lowest BCUT2D eigenvalue weighted by molar-refractivity contribution is -0.123. The lowest BCUT2D eigenvalue weighted by Crippen LogP contribution is -2.45. The fraction of sp³-hybridized carbons (Fsp3) is 0.462. The molecule has 0 aliphatic carbocycles. The first-order chi connectivity index (χ1) is 8.01. The van der Waals surface area contributed by atoms with Crippen LogP contribution < -0.4 is 5.32 Å². The number of halogens is 2. The Labute approximate surface area is 105 Å². The lowest BCUT2D eigenvalue weighted by atomic mass is 9.90. The zero-order valence-corrected chi connectivity index (χ0v) is 10.5. The minimum absolute atomic E-state index is 0.0693. The van der Waals surface area contributed by atoms with Crippen LogP contribution in [0.5, 0.6) is 0 Å². The van der Waals surface area contributed by atoms with Gasteiger partial charge >= 0.3 is 0 Å².